The number of thiocarbonyl (C=S) groups is 1. The smallest absolute Gasteiger partial charge is 0.0892 e. The fraction of sp³-hybridized carbons (Fsp3) is 0.133. The van der Waals surface area contributed by atoms with Crippen LogP contribution in [0, 0.1) is 0 Å². The Balaban J connectivity index is 2.22. The molecule has 17 heavy (non-hydrogen) atoms. The lowest BCUT2D eigenvalue weighted by Gasteiger charge is -2.11. The average molecular weight is 239 g/mol. The summed E-state index contributed by atoms with van der Waals surface area (Å²) in [5.41, 5.74) is 2.43. The summed E-state index contributed by atoms with van der Waals surface area (Å²) in [6.07, 6.45) is 0.856. The van der Waals surface area contributed by atoms with E-state index in [0.29, 0.717) is 0 Å². The Morgan fingerprint density at radius 2 is 1.53 bits per heavy atom. The normalized spacial score (nSPS) is 11.5. The van der Waals surface area contributed by atoms with E-state index in [4.69, 9.17) is 12.2 Å². The van der Waals surface area contributed by atoms with Gasteiger partial charge in [-0.2, -0.15) is 0 Å². The van der Waals surface area contributed by atoms with Crippen molar-refractivity contribution >= 4 is 17.4 Å². The van der Waals surface area contributed by atoms with Gasteiger partial charge in [-0.05, 0) is 29.8 Å². The number of benzene rings is 2. The van der Waals surface area contributed by atoms with Crippen LogP contribution in [0.1, 0.15) is 17.2 Å². The van der Waals surface area contributed by atoms with Gasteiger partial charge in [0.05, 0.1) is 11.2 Å². The van der Waals surface area contributed by atoms with E-state index >= 15 is 0 Å². The molecular formula is C15H13NS. The molecule has 0 fully saturated rings. The minimum absolute atomic E-state index is 0.0658. The highest BCUT2D eigenvalue weighted by molar-refractivity contribution is 7.78. The first-order chi connectivity index (χ1) is 8.40. The van der Waals surface area contributed by atoms with Crippen molar-refractivity contribution in [2.75, 3.05) is 0 Å². The van der Waals surface area contributed by atoms with Crippen LogP contribution in [0.5, 0.6) is 0 Å². The molecule has 0 spiro atoms. The summed E-state index contributed by atoms with van der Waals surface area (Å²) in [4.78, 5) is 4.25. The topological polar surface area (TPSA) is 12.4 Å². The molecule has 84 valence electrons. The van der Waals surface area contributed by atoms with Crippen LogP contribution in [0.25, 0.3) is 0 Å². The highest BCUT2D eigenvalue weighted by Crippen LogP contribution is 2.21. The summed E-state index contributed by atoms with van der Waals surface area (Å²) in [6, 6.07) is 20.6. The van der Waals surface area contributed by atoms with Gasteiger partial charge in [-0.1, -0.05) is 60.7 Å². The molecule has 0 bridgehead atoms. The summed E-state index contributed by atoms with van der Waals surface area (Å²) < 4.78 is 0. The lowest BCUT2D eigenvalue weighted by molar-refractivity contribution is 0.730. The predicted molar refractivity (Wildman–Crippen MR) is 74.4 cm³/mol. The molecule has 1 atom stereocenters. The van der Waals surface area contributed by atoms with Crippen molar-refractivity contribution in [1.29, 1.82) is 0 Å². The molecule has 2 rings (SSSR count). The summed E-state index contributed by atoms with van der Waals surface area (Å²) in [5, 5.41) is 2.49. The maximum atomic E-state index is 4.73. The van der Waals surface area contributed by atoms with E-state index in [9.17, 15) is 0 Å². The lowest BCUT2D eigenvalue weighted by atomic mass is 10.00. The second kappa shape index (κ2) is 6.09. The maximum Gasteiger partial charge on any atom is 0.0892 e. The van der Waals surface area contributed by atoms with Gasteiger partial charge in [0.2, 0.25) is 0 Å². The number of hydrogen-bond donors (Lipinski definition) is 0. The Morgan fingerprint density at radius 3 is 2.12 bits per heavy atom. The molecule has 2 aromatic rings. The van der Waals surface area contributed by atoms with Crippen molar-refractivity contribution in [2.24, 2.45) is 4.99 Å². The fourth-order valence-corrected chi connectivity index (χ4v) is 1.94. The van der Waals surface area contributed by atoms with Gasteiger partial charge in [-0.25, -0.2) is 4.99 Å². The third-order valence-electron chi connectivity index (χ3n) is 2.66. The highest BCUT2D eigenvalue weighted by atomic mass is 32.1. The first-order valence-electron chi connectivity index (χ1n) is 5.56. The van der Waals surface area contributed by atoms with Crippen LogP contribution in [0.15, 0.2) is 65.7 Å². The van der Waals surface area contributed by atoms with Gasteiger partial charge in [0.15, 0.2) is 0 Å². The Hall–Kier alpha value is -1.76. The predicted octanol–water partition coefficient (Wildman–Crippen LogP) is 4.07. The number of nitrogens with zero attached hydrogens (tertiary/aromatic N) is 1. The van der Waals surface area contributed by atoms with E-state index < -0.39 is 0 Å². The largest absolute Gasteiger partial charge is 0.224 e. The van der Waals surface area contributed by atoms with Crippen molar-refractivity contribution in [3.63, 3.8) is 0 Å². The molecule has 0 aliphatic heterocycles. The monoisotopic (exact) mass is 239 g/mol. The molecular weight excluding hydrogens is 226 g/mol. The molecule has 0 radical (unpaired) electrons. The van der Waals surface area contributed by atoms with Crippen molar-refractivity contribution in [3.8, 4) is 0 Å². The Morgan fingerprint density at radius 1 is 0.941 bits per heavy atom. The van der Waals surface area contributed by atoms with Gasteiger partial charge in [-0.15, -0.1) is 0 Å². The molecule has 2 heteroatoms. The van der Waals surface area contributed by atoms with Gasteiger partial charge in [-0.3, -0.25) is 0 Å². The van der Waals surface area contributed by atoms with Crippen LogP contribution in [0.4, 0.5) is 0 Å². The van der Waals surface area contributed by atoms with E-state index in [0.717, 1.165) is 6.42 Å². The zero-order valence-corrected chi connectivity index (χ0v) is 10.2. The van der Waals surface area contributed by atoms with E-state index in [-0.39, 0.29) is 6.04 Å². The lowest BCUT2D eigenvalue weighted by Crippen LogP contribution is -1.99. The third kappa shape index (κ3) is 3.35. The number of rotatable bonds is 4. The zero-order chi connectivity index (χ0) is 11.9. The van der Waals surface area contributed by atoms with Gasteiger partial charge in [0, 0.05) is 0 Å². The first kappa shape index (κ1) is 11.7. The van der Waals surface area contributed by atoms with Crippen LogP contribution in [0.2, 0.25) is 0 Å². The molecule has 1 nitrogen and oxygen atoms in total. The van der Waals surface area contributed by atoms with Gasteiger partial charge < -0.3 is 0 Å². The van der Waals surface area contributed by atoms with Crippen molar-refractivity contribution in [2.45, 2.75) is 12.5 Å². The third-order valence-corrected chi connectivity index (χ3v) is 2.77. The van der Waals surface area contributed by atoms with Crippen LogP contribution >= 0.6 is 12.2 Å². The Bertz CT molecular complexity index is 501. The number of aliphatic imine (C=N–C) groups is 1. The summed E-state index contributed by atoms with van der Waals surface area (Å²) in [7, 11) is 0. The van der Waals surface area contributed by atoms with E-state index in [2.05, 4.69) is 34.4 Å². The van der Waals surface area contributed by atoms with Crippen LogP contribution in [0.3, 0.4) is 0 Å². The van der Waals surface area contributed by atoms with E-state index in [1.165, 1.54) is 11.1 Å². The highest BCUT2D eigenvalue weighted by Gasteiger charge is 2.09. The molecule has 0 heterocycles. The van der Waals surface area contributed by atoms with Crippen LogP contribution < -0.4 is 0 Å². The molecule has 0 N–H and O–H groups in total. The standard InChI is InChI=1S/C15H13NS/c17-12-16-15(14-9-5-2-6-10-14)11-13-7-3-1-4-8-13/h1-10,15H,11H2. The Kier molecular flexibility index (Phi) is 4.20. The van der Waals surface area contributed by atoms with Crippen LogP contribution in [-0.2, 0) is 6.42 Å². The molecule has 2 aromatic carbocycles. The molecule has 1 unspecified atom stereocenters. The molecule has 0 aromatic heterocycles. The SMILES string of the molecule is S=C=NC(Cc1ccccc1)c1ccccc1. The number of hydrogen-bond acceptors (Lipinski definition) is 2. The summed E-state index contributed by atoms with van der Waals surface area (Å²) in [6.45, 7) is 0. The first-order valence-corrected chi connectivity index (χ1v) is 5.97. The number of isothiocyanates is 1. The van der Waals surface area contributed by atoms with Gasteiger partial charge in [0.25, 0.3) is 0 Å². The minimum Gasteiger partial charge on any atom is -0.224 e. The minimum atomic E-state index is 0.0658. The Labute approximate surface area is 107 Å². The molecule has 0 saturated carbocycles. The van der Waals surface area contributed by atoms with E-state index in [1.54, 1.807) is 0 Å². The summed E-state index contributed by atoms with van der Waals surface area (Å²) in [5.74, 6) is 0. The zero-order valence-electron chi connectivity index (χ0n) is 9.41. The molecule has 0 saturated heterocycles. The van der Waals surface area contributed by atoms with Crippen LogP contribution in [-0.4, -0.2) is 5.16 Å². The van der Waals surface area contributed by atoms with Crippen molar-refractivity contribution in [1.82, 2.24) is 0 Å². The van der Waals surface area contributed by atoms with Crippen molar-refractivity contribution < 1.29 is 0 Å². The molecule has 0 amide bonds. The molecule has 0 aliphatic rings. The van der Waals surface area contributed by atoms with Gasteiger partial charge in [0.1, 0.15) is 0 Å². The summed E-state index contributed by atoms with van der Waals surface area (Å²) >= 11 is 4.73. The van der Waals surface area contributed by atoms with Gasteiger partial charge >= 0.3 is 0 Å². The maximum absolute atomic E-state index is 4.73. The van der Waals surface area contributed by atoms with Crippen molar-refractivity contribution in [3.05, 3.63) is 71.8 Å². The second-order valence-corrected chi connectivity index (χ2v) is 4.02. The molecule has 0 aliphatic carbocycles. The average Bonchev–Trinajstić information content (AvgIpc) is 2.40. The fourth-order valence-electron chi connectivity index (χ4n) is 1.81. The second-order valence-electron chi connectivity index (χ2n) is 3.84. The quantitative estimate of drug-likeness (QED) is 0.578. The van der Waals surface area contributed by atoms with E-state index in [1.807, 2.05) is 36.4 Å².